The van der Waals surface area contributed by atoms with E-state index in [9.17, 15) is 0 Å². The number of hydrogen-bond acceptors (Lipinski definition) is 2. The van der Waals surface area contributed by atoms with Gasteiger partial charge in [0.05, 0.1) is 0 Å². The van der Waals surface area contributed by atoms with Crippen molar-refractivity contribution in [3.8, 4) is 0 Å². The van der Waals surface area contributed by atoms with E-state index in [-0.39, 0.29) is 0 Å². The van der Waals surface area contributed by atoms with E-state index in [0.29, 0.717) is 0 Å². The Morgan fingerprint density at radius 3 is 2.42 bits per heavy atom. The quantitative estimate of drug-likeness (QED) is 0.493. The van der Waals surface area contributed by atoms with E-state index in [1.807, 2.05) is 0 Å². The minimum atomic E-state index is -1.32. The number of rotatable bonds is 7. The Hall–Kier alpha value is 0.137. The molecule has 0 heterocycles. The molecule has 0 unspecified atom stereocenters. The van der Waals surface area contributed by atoms with Crippen molar-refractivity contribution >= 4 is 8.32 Å². The van der Waals surface area contributed by atoms with Crippen LogP contribution < -0.4 is 5.73 Å². The standard InChI is InChI=1S/C9H23NOSi/c1-4-5-9-12(2,3)11-8-6-7-10/h4-10H2,1-3H3. The van der Waals surface area contributed by atoms with Crippen molar-refractivity contribution < 1.29 is 4.43 Å². The van der Waals surface area contributed by atoms with Crippen molar-refractivity contribution in [3.05, 3.63) is 0 Å². The van der Waals surface area contributed by atoms with Gasteiger partial charge in [0, 0.05) is 6.61 Å². The number of hydrogen-bond donors (Lipinski definition) is 1. The molecule has 0 aromatic carbocycles. The topological polar surface area (TPSA) is 35.2 Å². The highest BCUT2D eigenvalue weighted by atomic mass is 28.4. The lowest BCUT2D eigenvalue weighted by atomic mass is 10.4. The van der Waals surface area contributed by atoms with Crippen LogP contribution in [0.25, 0.3) is 0 Å². The van der Waals surface area contributed by atoms with Gasteiger partial charge in [-0.3, -0.25) is 0 Å². The first-order valence-corrected chi connectivity index (χ1v) is 8.08. The Labute approximate surface area is 77.6 Å². The zero-order valence-electron chi connectivity index (χ0n) is 8.73. The van der Waals surface area contributed by atoms with Gasteiger partial charge in [-0.2, -0.15) is 0 Å². The summed E-state index contributed by atoms with van der Waals surface area (Å²) < 4.78 is 5.83. The zero-order valence-corrected chi connectivity index (χ0v) is 9.73. The fourth-order valence-corrected chi connectivity index (χ4v) is 3.15. The smallest absolute Gasteiger partial charge is 0.186 e. The first-order chi connectivity index (χ1) is 5.62. The predicted octanol–water partition coefficient (Wildman–Crippen LogP) is 2.36. The molecule has 0 rings (SSSR count). The molecule has 2 N–H and O–H groups in total. The van der Waals surface area contributed by atoms with Crippen LogP contribution in [0.5, 0.6) is 0 Å². The van der Waals surface area contributed by atoms with Crippen molar-refractivity contribution in [2.75, 3.05) is 13.2 Å². The maximum absolute atomic E-state index is 5.83. The average molecular weight is 189 g/mol. The summed E-state index contributed by atoms with van der Waals surface area (Å²) in [4.78, 5) is 0. The third-order valence-corrected chi connectivity index (χ3v) is 4.52. The fraction of sp³-hybridized carbons (Fsp3) is 1.00. The van der Waals surface area contributed by atoms with Crippen LogP contribution >= 0.6 is 0 Å². The van der Waals surface area contributed by atoms with Gasteiger partial charge in [-0.15, -0.1) is 0 Å². The van der Waals surface area contributed by atoms with Crippen LogP contribution in [0, 0.1) is 0 Å². The second kappa shape index (κ2) is 6.63. The van der Waals surface area contributed by atoms with Crippen molar-refractivity contribution in [2.45, 2.75) is 45.3 Å². The maximum Gasteiger partial charge on any atom is 0.186 e. The van der Waals surface area contributed by atoms with E-state index in [1.165, 1.54) is 18.9 Å². The van der Waals surface area contributed by atoms with Crippen LogP contribution in [0.1, 0.15) is 26.2 Å². The molecule has 0 bridgehead atoms. The highest BCUT2D eigenvalue weighted by Gasteiger charge is 2.20. The van der Waals surface area contributed by atoms with Crippen molar-refractivity contribution in [2.24, 2.45) is 5.73 Å². The molecule has 0 fully saturated rings. The number of nitrogens with two attached hydrogens (primary N) is 1. The third-order valence-electron chi connectivity index (χ3n) is 1.97. The largest absolute Gasteiger partial charge is 0.417 e. The third kappa shape index (κ3) is 6.82. The summed E-state index contributed by atoms with van der Waals surface area (Å²) in [5, 5.41) is 0. The van der Waals surface area contributed by atoms with E-state index >= 15 is 0 Å². The van der Waals surface area contributed by atoms with E-state index in [0.717, 1.165) is 19.6 Å². The molecule has 74 valence electrons. The highest BCUT2D eigenvalue weighted by Crippen LogP contribution is 2.14. The van der Waals surface area contributed by atoms with Crippen LogP contribution in [-0.4, -0.2) is 21.5 Å². The lowest BCUT2D eigenvalue weighted by Gasteiger charge is -2.22. The fourth-order valence-electron chi connectivity index (χ4n) is 1.11. The van der Waals surface area contributed by atoms with E-state index < -0.39 is 8.32 Å². The summed E-state index contributed by atoms with van der Waals surface area (Å²) in [6, 6.07) is 1.29. The van der Waals surface area contributed by atoms with Crippen LogP contribution in [0.15, 0.2) is 0 Å². The second-order valence-electron chi connectivity index (χ2n) is 3.85. The molecule has 0 spiro atoms. The summed E-state index contributed by atoms with van der Waals surface area (Å²) in [6.45, 7) is 8.42. The zero-order chi connectivity index (χ0) is 9.45. The Morgan fingerprint density at radius 1 is 1.25 bits per heavy atom. The van der Waals surface area contributed by atoms with Gasteiger partial charge in [-0.05, 0) is 32.1 Å². The predicted molar refractivity (Wildman–Crippen MR) is 56.8 cm³/mol. The summed E-state index contributed by atoms with van der Waals surface area (Å²) >= 11 is 0. The van der Waals surface area contributed by atoms with Gasteiger partial charge >= 0.3 is 0 Å². The lowest BCUT2D eigenvalue weighted by Crippen LogP contribution is -2.30. The molecule has 0 amide bonds. The van der Waals surface area contributed by atoms with Crippen molar-refractivity contribution in [1.82, 2.24) is 0 Å². The normalized spacial score (nSPS) is 12.0. The van der Waals surface area contributed by atoms with Crippen LogP contribution in [0.4, 0.5) is 0 Å². The summed E-state index contributed by atoms with van der Waals surface area (Å²) in [5.41, 5.74) is 5.39. The average Bonchev–Trinajstić information content (AvgIpc) is 2.01. The summed E-state index contributed by atoms with van der Waals surface area (Å²) in [7, 11) is -1.32. The van der Waals surface area contributed by atoms with Crippen LogP contribution in [0.2, 0.25) is 19.1 Å². The molecule has 2 nitrogen and oxygen atoms in total. The van der Waals surface area contributed by atoms with Gasteiger partial charge in [0.1, 0.15) is 0 Å². The molecular weight excluding hydrogens is 166 g/mol. The van der Waals surface area contributed by atoms with E-state index in [4.69, 9.17) is 10.2 Å². The van der Waals surface area contributed by atoms with Gasteiger partial charge in [0.15, 0.2) is 8.32 Å². The van der Waals surface area contributed by atoms with Gasteiger partial charge in [-0.25, -0.2) is 0 Å². The first kappa shape index (κ1) is 12.1. The molecule has 0 atom stereocenters. The van der Waals surface area contributed by atoms with Crippen LogP contribution in [0.3, 0.4) is 0 Å². The molecular formula is C9H23NOSi. The molecule has 0 saturated heterocycles. The molecule has 0 aliphatic carbocycles. The second-order valence-corrected chi connectivity index (χ2v) is 8.16. The summed E-state index contributed by atoms with van der Waals surface area (Å²) in [6.07, 6.45) is 3.58. The maximum atomic E-state index is 5.83. The van der Waals surface area contributed by atoms with Gasteiger partial charge in [0.25, 0.3) is 0 Å². The van der Waals surface area contributed by atoms with Crippen LogP contribution in [-0.2, 0) is 4.43 Å². The molecule has 3 heteroatoms. The molecule has 0 aliphatic heterocycles. The van der Waals surface area contributed by atoms with Gasteiger partial charge < -0.3 is 10.2 Å². The van der Waals surface area contributed by atoms with Crippen molar-refractivity contribution in [3.63, 3.8) is 0 Å². The summed E-state index contributed by atoms with van der Waals surface area (Å²) in [5.74, 6) is 0. The molecule has 12 heavy (non-hydrogen) atoms. The molecule has 0 radical (unpaired) electrons. The molecule has 0 aliphatic rings. The minimum Gasteiger partial charge on any atom is -0.417 e. The van der Waals surface area contributed by atoms with Gasteiger partial charge in [0.2, 0.25) is 0 Å². The Morgan fingerprint density at radius 2 is 1.92 bits per heavy atom. The first-order valence-electron chi connectivity index (χ1n) is 4.96. The van der Waals surface area contributed by atoms with Gasteiger partial charge in [-0.1, -0.05) is 19.8 Å². The monoisotopic (exact) mass is 189 g/mol. The molecule has 0 aromatic rings. The van der Waals surface area contributed by atoms with E-state index in [1.54, 1.807) is 0 Å². The lowest BCUT2D eigenvalue weighted by molar-refractivity contribution is 0.302. The highest BCUT2D eigenvalue weighted by molar-refractivity contribution is 6.71. The number of unbranched alkanes of at least 4 members (excludes halogenated alkanes) is 1. The van der Waals surface area contributed by atoms with Crippen molar-refractivity contribution in [1.29, 1.82) is 0 Å². The SMILES string of the molecule is CCCC[Si](C)(C)OCCCN. The Balaban J connectivity index is 3.42. The minimum absolute atomic E-state index is 0.748. The Bertz CT molecular complexity index is 107. The Kier molecular flexibility index (Phi) is 6.71. The molecule has 0 aromatic heterocycles. The van der Waals surface area contributed by atoms with E-state index in [2.05, 4.69) is 20.0 Å². The molecule has 0 saturated carbocycles.